The molecule has 0 amide bonds. The van der Waals surface area contributed by atoms with Gasteiger partial charge < -0.3 is 5.73 Å². The second-order valence-corrected chi connectivity index (χ2v) is 5.56. The first kappa shape index (κ1) is 15.2. The molecule has 0 fully saturated rings. The molecule has 1 aromatic rings. The zero-order valence-corrected chi connectivity index (χ0v) is 12.3. The van der Waals surface area contributed by atoms with Crippen molar-refractivity contribution in [1.29, 1.82) is 0 Å². The van der Waals surface area contributed by atoms with Crippen molar-refractivity contribution in [2.45, 2.75) is 52.7 Å². The van der Waals surface area contributed by atoms with Gasteiger partial charge in [0.2, 0.25) is 0 Å². The van der Waals surface area contributed by atoms with E-state index >= 15 is 0 Å². The van der Waals surface area contributed by atoms with Gasteiger partial charge in [0.05, 0.1) is 0 Å². The highest BCUT2D eigenvalue weighted by molar-refractivity contribution is 5.14. The van der Waals surface area contributed by atoms with Crippen LogP contribution >= 0.6 is 0 Å². The molecule has 102 valence electrons. The van der Waals surface area contributed by atoms with E-state index in [1.54, 1.807) is 0 Å². The van der Waals surface area contributed by atoms with Crippen LogP contribution in [0.3, 0.4) is 0 Å². The summed E-state index contributed by atoms with van der Waals surface area (Å²) in [4.78, 5) is 2.46. The highest BCUT2D eigenvalue weighted by Crippen LogP contribution is 2.12. The smallest absolute Gasteiger partial charge is 0.0237 e. The number of rotatable bonds is 7. The summed E-state index contributed by atoms with van der Waals surface area (Å²) in [5.41, 5.74) is 7.64. The lowest BCUT2D eigenvalue weighted by Crippen LogP contribution is -2.43. The summed E-state index contributed by atoms with van der Waals surface area (Å²) < 4.78 is 0. The Morgan fingerprint density at radius 3 is 2.22 bits per heavy atom. The van der Waals surface area contributed by atoms with Gasteiger partial charge >= 0.3 is 0 Å². The van der Waals surface area contributed by atoms with Gasteiger partial charge in [0, 0.05) is 25.2 Å². The third-order valence-corrected chi connectivity index (χ3v) is 3.78. The Hall–Kier alpha value is -0.860. The van der Waals surface area contributed by atoms with Crippen LogP contribution in [0.4, 0.5) is 0 Å². The van der Waals surface area contributed by atoms with E-state index in [9.17, 15) is 0 Å². The van der Waals surface area contributed by atoms with E-state index in [0.717, 1.165) is 19.5 Å². The zero-order valence-electron chi connectivity index (χ0n) is 12.3. The first-order chi connectivity index (χ1) is 8.54. The Morgan fingerprint density at radius 1 is 1.11 bits per heavy atom. The van der Waals surface area contributed by atoms with Crippen LogP contribution in [0.25, 0.3) is 0 Å². The van der Waals surface area contributed by atoms with Crippen molar-refractivity contribution >= 4 is 0 Å². The Morgan fingerprint density at radius 2 is 1.72 bits per heavy atom. The summed E-state index contributed by atoms with van der Waals surface area (Å²) in [6, 6.07) is 11.4. The molecular weight excluding hydrogens is 220 g/mol. The lowest BCUT2D eigenvalue weighted by atomic mass is 9.99. The molecule has 2 unspecified atom stereocenters. The predicted molar refractivity (Wildman–Crippen MR) is 79.4 cm³/mol. The summed E-state index contributed by atoms with van der Waals surface area (Å²) in [5, 5.41) is 0. The lowest BCUT2D eigenvalue weighted by molar-refractivity contribution is 0.182. The maximum atomic E-state index is 6.28. The van der Waals surface area contributed by atoms with E-state index in [1.807, 2.05) is 0 Å². The fourth-order valence-corrected chi connectivity index (χ4v) is 2.03. The molecule has 1 rings (SSSR count). The van der Waals surface area contributed by atoms with E-state index < -0.39 is 0 Å². The Bertz CT molecular complexity index is 321. The van der Waals surface area contributed by atoms with Gasteiger partial charge in [-0.1, -0.05) is 50.6 Å². The average Bonchev–Trinajstić information content (AvgIpc) is 2.37. The quantitative estimate of drug-likeness (QED) is 0.802. The Kier molecular flexibility index (Phi) is 6.37. The van der Waals surface area contributed by atoms with E-state index in [1.165, 1.54) is 5.56 Å². The standard InChI is InChI=1S/C16H28N2/c1-5-14(4)16(17)12-18(13(2)3)11-15-9-7-6-8-10-15/h6-10,13-14,16H,5,11-12,17H2,1-4H3. The third-order valence-electron chi connectivity index (χ3n) is 3.78. The molecule has 0 aliphatic rings. The van der Waals surface area contributed by atoms with Crippen LogP contribution in [0.5, 0.6) is 0 Å². The van der Waals surface area contributed by atoms with Crippen molar-refractivity contribution in [3.05, 3.63) is 35.9 Å². The van der Waals surface area contributed by atoms with Gasteiger partial charge in [0.25, 0.3) is 0 Å². The summed E-state index contributed by atoms with van der Waals surface area (Å²) in [6.07, 6.45) is 1.15. The molecule has 2 N–H and O–H groups in total. The van der Waals surface area contributed by atoms with Crippen LogP contribution in [-0.4, -0.2) is 23.5 Å². The zero-order chi connectivity index (χ0) is 13.5. The second-order valence-electron chi connectivity index (χ2n) is 5.56. The van der Waals surface area contributed by atoms with E-state index in [2.05, 4.69) is 62.9 Å². The van der Waals surface area contributed by atoms with E-state index in [4.69, 9.17) is 5.73 Å². The molecular formula is C16H28N2. The molecule has 2 nitrogen and oxygen atoms in total. The van der Waals surface area contributed by atoms with Gasteiger partial charge in [-0.05, 0) is 25.3 Å². The van der Waals surface area contributed by atoms with Crippen molar-refractivity contribution in [2.75, 3.05) is 6.54 Å². The Balaban J connectivity index is 2.61. The van der Waals surface area contributed by atoms with Crippen molar-refractivity contribution in [3.63, 3.8) is 0 Å². The molecule has 0 bridgehead atoms. The Labute approximate surface area is 112 Å². The minimum Gasteiger partial charge on any atom is -0.326 e. The normalized spacial score (nSPS) is 15.1. The fraction of sp³-hybridized carbons (Fsp3) is 0.625. The van der Waals surface area contributed by atoms with Crippen molar-refractivity contribution in [3.8, 4) is 0 Å². The molecule has 18 heavy (non-hydrogen) atoms. The predicted octanol–water partition coefficient (Wildman–Crippen LogP) is 3.27. The summed E-state index contributed by atoms with van der Waals surface area (Å²) in [6.45, 7) is 10.9. The third kappa shape index (κ3) is 4.79. The first-order valence-corrected chi connectivity index (χ1v) is 7.08. The van der Waals surface area contributed by atoms with Crippen LogP contribution in [-0.2, 0) is 6.54 Å². The van der Waals surface area contributed by atoms with E-state index in [0.29, 0.717) is 12.0 Å². The number of hydrogen-bond acceptors (Lipinski definition) is 2. The first-order valence-electron chi connectivity index (χ1n) is 7.08. The fourth-order valence-electron chi connectivity index (χ4n) is 2.03. The lowest BCUT2D eigenvalue weighted by Gasteiger charge is -2.31. The molecule has 0 radical (unpaired) electrons. The van der Waals surface area contributed by atoms with Crippen LogP contribution in [0.2, 0.25) is 0 Å². The maximum absolute atomic E-state index is 6.28. The van der Waals surface area contributed by atoms with Crippen molar-refractivity contribution in [2.24, 2.45) is 11.7 Å². The highest BCUT2D eigenvalue weighted by Gasteiger charge is 2.17. The summed E-state index contributed by atoms with van der Waals surface area (Å²) >= 11 is 0. The maximum Gasteiger partial charge on any atom is 0.0237 e. The van der Waals surface area contributed by atoms with Crippen LogP contribution < -0.4 is 5.73 Å². The van der Waals surface area contributed by atoms with E-state index in [-0.39, 0.29) is 6.04 Å². The topological polar surface area (TPSA) is 29.3 Å². The second kappa shape index (κ2) is 7.55. The van der Waals surface area contributed by atoms with Gasteiger partial charge in [-0.15, -0.1) is 0 Å². The van der Waals surface area contributed by atoms with Gasteiger partial charge in [0.1, 0.15) is 0 Å². The van der Waals surface area contributed by atoms with Crippen LogP contribution in [0.1, 0.15) is 39.7 Å². The molecule has 0 aliphatic carbocycles. The van der Waals surface area contributed by atoms with Crippen LogP contribution in [0.15, 0.2) is 30.3 Å². The van der Waals surface area contributed by atoms with Crippen molar-refractivity contribution in [1.82, 2.24) is 4.90 Å². The number of benzene rings is 1. The molecule has 0 saturated heterocycles. The molecule has 2 atom stereocenters. The molecule has 0 aromatic heterocycles. The summed E-state index contributed by atoms with van der Waals surface area (Å²) in [5.74, 6) is 0.585. The van der Waals surface area contributed by atoms with Crippen molar-refractivity contribution < 1.29 is 0 Å². The number of nitrogens with two attached hydrogens (primary N) is 1. The summed E-state index contributed by atoms with van der Waals surface area (Å²) in [7, 11) is 0. The monoisotopic (exact) mass is 248 g/mol. The molecule has 0 spiro atoms. The average molecular weight is 248 g/mol. The minimum atomic E-state index is 0.265. The molecule has 0 saturated carbocycles. The molecule has 0 heterocycles. The molecule has 2 heteroatoms. The highest BCUT2D eigenvalue weighted by atomic mass is 15.2. The SMILES string of the molecule is CCC(C)C(N)CN(Cc1ccccc1)C(C)C. The van der Waals surface area contributed by atoms with Crippen LogP contribution in [0, 0.1) is 5.92 Å². The molecule has 1 aromatic carbocycles. The van der Waals surface area contributed by atoms with Gasteiger partial charge in [-0.3, -0.25) is 4.90 Å². The largest absolute Gasteiger partial charge is 0.326 e. The number of hydrogen-bond donors (Lipinski definition) is 1. The van der Waals surface area contributed by atoms with Gasteiger partial charge in [0.15, 0.2) is 0 Å². The van der Waals surface area contributed by atoms with Gasteiger partial charge in [-0.25, -0.2) is 0 Å². The van der Waals surface area contributed by atoms with Gasteiger partial charge in [-0.2, -0.15) is 0 Å². The minimum absolute atomic E-state index is 0.265. The number of nitrogens with zero attached hydrogens (tertiary/aromatic N) is 1. The molecule has 0 aliphatic heterocycles.